The Morgan fingerprint density at radius 3 is 1.88 bits per heavy atom. The molecule has 5 heteroatoms. The van der Waals surface area contributed by atoms with E-state index < -0.39 is 12.3 Å². The van der Waals surface area contributed by atoms with E-state index in [1.54, 1.807) is 0 Å². The first-order valence-electron chi connectivity index (χ1n) is 15.0. The van der Waals surface area contributed by atoms with Gasteiger partial charge in [0, 0.05) is 5.41 Å². The molecule has 218 valence electrons. The van der Waals surface area contributed by atoms with Crippen LogP contribution >= 0.6 is 0 Å². The SMILES string of the molecule is CCCCNC(O)COc1ccc(C(C)(C)c2ccc(OCC(O)CCCc3cccc(CCC)c3)cc2)cc1. The molecule has 5 nitrogen and oxygen atoms in total. The number of unbranched alkanes of at least 4 members (excludes halogenated alkanes) is 1. The molecule has 0 bridgehead atoms. The lowest BCUT2D eigenvalue weighted by atomic mass is 9.78. The maximum absolute atomic E-state index is 10.4. The maximum atomic E-state index is 10.4. The average molecular weight is 548 g/mol. The van der Waals surface area contributed by atoms with Gasteiger partial charge in [0.2, 0.25) is 0 Å². The lowest BCUT2D eigenvalue weighted by Gasteiger charge is -2.26. The van der Waals surface area contributed by atoms with Crippen molar-refractivity contribution in [2.24, 2.45) is 0 Å². The van der Waals surface area contributed by atoms with E-state index in [0.717, 1.165) is 63.0 Å². The van der Waals surface area contributed by atoms with Gasteiger partial charge in [-0.3, -0.25) is 5.32 Å². The first-order chi connectivity index (χ1) is 19.3. The Labute approximate surface area is 241 Å². The lowest BCUT2D eigenvalue weighted by molar-refractivity contribution is 0.0789. The fourth-order valence-electron chi connectivity index (χ4n) is 4.83. The summed E-state index contributed by atoms with van der Waals surface area (Å²) >= 11 is 0. The molecule has 3 aromatic carbocycles. The van der Waals surface area contributed by atoms with Crippen LogP contribution in [0.5, 0.6) is 11.5 Å². The summed E-state index contributed by atoms with van der Waals surface area (Å²) in [4.78, 5) is 0. The van der Waals surface area contributed by atoms with Gasteiger partial charge in [0.05, 0.1) is 6.10 Å². The summed E-state index contributed by atoms with van der Waals surface area (Å²) in [6.07, 6.45) is 5.88. The molecule has 0 saturated heterocycles. The van der Waals surface area contributed by atoms with Crippen LogP contribution in [0.15, 0.2) is 72.8 Å². The van der Waals surface area contributed by atoms with Crippen molar-refractivity contribution in [3.63, 3.8) is 0 Å². The smallest absolute Gasteiger partial charge is 0.139 e. The van der Waals surface area contributed by atoms with E-state index in [9.17, 15) is 10.2 Å². The normalized spacial score (nSPS) is 13.2. The minimum absolute atomic E-state index is 0.202. The van der Waals surface area contributed by atoms with Crippen LogP contribution < -0.4 is 14.8 Å². The highest BCUT2D eigenvalue weighted by atomic mass is 16.5. The highest BCUT2D eigenvalue weighted by Gasteiger charge is 2.23. The molecule has 0 radical (unpaired) electrons. The van der Waals surface area contributed by atoms with Crippen molar-refractivity contribution in [1.29, 1.82) is 0 Å². The highest BCUT2D eigenvalue weighted by Crippen LogP contribution is 2.33. The third-order valence-corrected chi connectivity index (χ3v) is 7.45. The standard InChI is InChI=1S/C35H49NO4/c1-5-7-23-36-34(38)26-40-33-21-17-30(18-22-33)35(3,4)29-15-19-32(20-16-29)39-25-31(37)14-9-13-28-12-8-11-27(24-28)10-6-2/h8,11-12,15-22,24,31,34,36-38H,5-7,9-10,13-14,23,25-26H2,1-4H3. The fraction of sp³-hybridized carbons (Fsp3) is 0.486. The first kappa shape index (κ1) is 31.7. The quantitative estimate of drug-likeness (QED) is 0.120. The molecular formula is C35H49NO4. The third-order valence-electron chi connectivity index (χ3n) is 7.45. The molecule has 2 unspecified atom stereocenters. The molecule has 0 aliphatic rings. The highest BCUT2D eigenvalue weighted by molar-refractivity contribution is 5.41. The van der Waals surface area contributed by atoms with Gasteiger partial charge in [-0.1, -0.05) is 89.1 Å². The topological polar surface area (TPSA) is 71.0 Å². The summed E-state index contributed by atoms with van der Waals surface area (Å²) in [5.41, 5.74) is 4.88. The van der Waals surface area contributed by atoms with Crippen molar-refractivity contribution in [3.05, 3.63) is 95.1 Å². The Kier molecular flexibility index (Phi) is 13.0. The summed E-state index contributed by atoms with van der Waals surface area (Å²) in [6.45, 7) is 10.0. The van der Waals surface area contributed by atoms with Gasteiger partial charge >= 0.3 is 0 Å². The Morgan fingerprint density at radius 2 is 1.30 bits per heavy atom. The van der Waals surface area contributed by atoms with Gasteiger partial charge in [-0.15, -0.1) is 0 Å². The van der Waals surface area contributed by atoms with E-state index in [4.69, 9.17) is 9.47 Å². The molecule has 0 amide bonds. The molecule has 0 heterocycles. The first-order valence-corrected chi connectivity index (χ1v) is 15.0. The predicted molar refractivity (Wildman–Crippen MR) is 164 cm³/mol. The number of benzene rings is 3. The van der Waals surface area contributed by atoms with Crippen molar-refractivity contribution in [2.45, 2.75) is 90.4 Å². The molecule has 3 N–H and O–H groups in total. The van der Waals surface area contributed by atoms with E-state index >= 15 is 0 Å². The van der Waals surface area contributed by atoms with Gasteiger partial charge in [0.25, 0.3) is 0 Å². The summed E-state index contributed by atoms with van der Waals surface area (Å²) in [5, 5.41) is 23.5. The van der Waals surface area contributed by atoms with Crippen molar-refractivity contribution in [2.75, 3.05) is 19.8 Å². The van der Waals surface area contributed by atoms with Crippen LogP contribution in [0.2, 0.25) is 0 Å². The van der Waals surface area contributed by atoms with E-state index in [-0.39, 0.29) is 12.0 Å². The van der Waals surface area contributed by atoms with Crippen molar-refractivity contribution in [3.8, 4) is 11.5 Å². The maximum Gasteiger partial charge on any atom is 0.139 e. The number of aryl methyl sites for hydroxylation is 2. The molecule has 2 atom stereocenters. The molecule has 40 heavy (non-hydrogen) atoms. The van der Waals surface area contributed by atoms with Crippen LogP contribution in [0.25, 0.3) is 0 Å². The Hall–Kier alpha value is -2.86. The van der Waals surface area contributed by atoms with Gasteiger partial charge in [-0.05, 0) is 85.2 Å². The zero-order valence-corrected chi connectivity index (χ0v) is 24.9. The molecule has 0 saturated carbocycles. The van der Waals surface area contributed by atoms with Crippen LogP contribution in [0.1, 0.15) is 82.1 Å². The second-order valence-electron chi connectivity index (χ2n) is 11.2. The summed E-state index contributed by atoms with van der Waals surface area (Å²) in [5.74, 6) is 1.50. The molecule has 3 rings (SSSR count). The number of nitrogens with one attached hydrogen (secondary N) is 1. The van der Waals surface area contributed by atoms with Gasteiger partial charge in [0.15, 0.2) is 0 Å². The second kappa shape index (κ2) is 16.4. The second-order valence-corrected chi connectivity index (χ2v) is 11.2. The lowest BCUT2D eigenvalue weighted by Crippen LogP contribution is -2.34. The van der Waals surface area contributed by atoms with Crippen molar-refractivity contribution >= 4 is 0 Å². The number of hydrogen-bond acceptors (Lipinski definition) is 5. The number of aliphatic hydroxyl groups is 2. The monoisotopic (exact) mass is 547 g/mol. The van der Waals surface area contributed by atoms with Crippen molar-refractivity contribution in [1.82, 2.24) is 5.32 Å². The fourth-order valence-corrected chi connectivity index (χ4v) is 4.83. The summed E-state index contributed by atoms with van der Waals surface area (Å²) in [7, 11) is 0. The number of hydrogen-bond donors (Lipinski definition) is 3. The van der Waals surface area contributed by atoms with Crippen LogP contribution in [-0.4, -0.2) is 42.3 Å². The van der Waals surface area contributed by atoms with E-state index in [1.807, 2.05) is 24.3 Å². The van der Waals surface area contributed by atoms with Gasteiger partial charge in [-0.25, -0.2) is 0 Å². The van der Waals surface area contributed by atoms with E-state index in [2.05, 4.69) is 81.5 Å². The Bertz CT molecular complexity index is 1110. The zero-order valence-electron chi connectivity index (χ0n) is 24.9. The summed E-state index contributed by atoms with van der Waals surface area (Å²) in [6, 6.07) is 25.0. The molecular weight excluding hydrogens is 498 g/mol. The van der Waals surface area contributed by atoms with Gasteiger partial charge < -0.3 is 19.7 Å². The van der Waals surface area contributed by atoms with Crippen LogP contribution in [0.4, 0.5) is 0 Å². The number of ether oxygens (including phenoxy) is 2. The minimum Gasteiger partial charge on any atom is -0.491 e. The van der Waals surface area contributed by atoms with Crippen LogP contribution in [0, 0.1) is 0 Å². The third kappa shape index (κ3) is 10.3. The zero-order chi connectivity index (χ0) is 28.8. The molecule has 3 aromatic rings. The van der Waals surface area contributed by atoms with Gasteiger partial charge in [-0.2, -0.15) is 0 Å². The summed E-state index contributed by atoms with van der Waals surface area (Å²) < 4.78 is 11.6. The van der Waals surface area contributed by atoms with Crippen molar-refractivity contribution < 1.29 is 19.7 Å². The molecule has 0 aliphatic heterocycles. The number of rotatable bonds is 18. The Morgan fingerprint density at radius 1 is 0.725 bits per heavy atom. The van der Waals surface area contributed by atoms with E-state index in [1.165, 1.54) is 22.3 Å². The largest absolute Gasteiger partial charge is 0.491 e. The van der Waals surface area contributed by atoms with Gasteiger partial charge in [0.1, 0.15) is 30.9 Å². The average Bonchev–Trinajstić information content (AvgIpc) is 2.96. The number of aliphatic hydroxyl groups excluding tert-OH is 2. The van der Waals surface area contributed by atoms with Crippen LogP contribution in [0.3, 0.4) is 0 Å². The minimum atomic E-state index is -0.669. The molecule has 0 spiro atoms. The predicted octanol–water partition coefficient (Wildman–Crippen LogP) is 6.81. The Balaban J connectivity index is 1.44. The molecule has 0 fully saturated rings. The van der Waals surface area contributed by atoms with Crippen LogP contribution in [-0.2, 0) is 18.3 Å². The molecule has 0 aliphatic carbocycles. The van der Waals surface area contributed by atoms with E-state index in [0.29, 0.717) is 6.61 Å². The molecule has 0 aromatic heterocycles.